The Hall–Kier alpha value is -1.74. The number of hydrogen-bond acceptors (Lipinski definition) is 1. The fourth-order valence-electron chi connectivity index (χ4n) is 1.67. The van der Waals surface area contributed by atoms with E-state index < -0.39 is 18.2 Å². The fraction of sp³-hybridized carbons (Fsp3) is 0.143. The Balaban J connectivity index is 2.50. The highest BCUT2D eigenvalue weighted by molar-refractivity contribution is 5.64. The third kappa shape index (κ3) is 2.34. The molecular formula is C14H12F2O. The van der Waals surface area contributed by atoms with Gasteiger partial charge < -0.3 is 5.11 Å². The van der Waals surface area contributed by atoms with E-state index in [1.165, 1.54) is 12.1 Å². The molecule has 0 aliphatic heterocycles. The molecule has 0 amide bonds. The molecule has 0 bridgehead atoms. The predicted molar refractivity (Wildman–Crippen MR) is 62.5 cm³/mol. The van der Waals surface area contributed by atoms with Gasteiger partial charge in [-0.25, -0.2) is 8.78 Å². The summed E-state index contributed by atoms with van der Waals surface area (Å²) in [6, 6.07) is 9.85. The minimum atomic E-state index is -0.719. The van der Waals surface area contributed by atoms with Crippen LogP contribution in [0.5, 0.6) is 0 Å². The second-order valence-electron chi connectivity index (χ2n) is 3.94. The number of benzene rings is 2. The molecule has 0 atom stereocenters. The molecule has 2 rings (SSSR count). The fourth-order valence-corrected chi connectivity index (χ4v) is 1.67. The van der Waals surface area contributed by atoms with Gasteiger partial charge in [0.2, 0.25) is 0 Å². The van der Waals surface area contributed by atoms with Gasteiger partial charge in [0.05, 0.1) is 6.61 Å². The van der Waals surface area contributed by atoms with Crippen molar-refractivity contribution in [1.82, 2.24) is 0 Å². The summed E-state index contributed by atoms with van der Waals surface area (Å²) < 4.78 is 27.0. The smallest absolute Gasteiger partial charge is 0.132 e. The molecule has 3 heteroatoms. The highest BCUT2D eigenvalue weighted by atomic mass is 19.1. The second kappa shape index (κ2) is 4.63. The zero-order valence-corrected chi connectivity index (χ0v) is 9.37. The summed E-state index contributed by atoms with van der Waals surface area (Å²) in [5.41, 5.74) is 2.01. The topological polar surface area (TPSA) is 20.2 Å². The molecule has 0 aliphatic rings. The maximum atomic E-state index is 13.5. The van der Waals surface area contributed by atoms with E-state index >= 15 is 0 Å². The Kier molecular flexibility index (Phi) is 3.20. The van der Waals surface area contributed by atoms with Crippen molar-refractivity contribution in [3.05, 3.63) is 59.2 Å². The molecule has 2 aromatic rings. The molecular weight excluding hydrogens is 222 g/mol. The molecule has 0 heterocycles. The standard InChI is InChI=1S/C14H12F2O/c1-9-2-4-10(5-3-9)11-6-13(15)12(8-17)14(16)7-11/h2-7,17H,8H2,1H3. The van der Waals surface area contributed by atoms with Crippen molar-refractivity contribution in [1.29, 1.82) is 0 Å². The van der Waals surface area contributed by atoms with Gasteiger partial charge in [-0.1, -0.05) is 29.8 Å². The van der Waals surface area contributed by atoms with Crippen LogP contribution in [0.25, 0.3) is 11.1 Å². The van der Waals surface area contributed by atoms with E-state index in [0.29, 0.717) is 5.56 Å². The van der Waals surface area contributed by atoms with Gasteiger partial charge in [-0.05, 0) is 30.2 Å². The minimum absolute atomic E-state index is 0.291. The van der Waals surface area contributed by atoms with Crippen LogP contribution in [0, 0.1) is 18.6 Å². The van der Waals surface area contributed by atoms with Crippen LogP contribution in [0.1, 0.15) is 11.1 Å². The maximum absolute atomic E-state index is 13.5. The van der Waals surface area contributed by atoms with Crippen molar-refractivity contribution in [3.8, 4) is 11.1 Å². The summed E-state index contributed by atoms with van der Waals surface area (Å²) in [5.74, 6) is -1.44. The van der Waals surface area contributed by atoms with E-state index in [2.05, 4.69) is 0 Å². The summed E-state index contributed by atoms with van der Waals surface area (Å²) in [7, 11) is 0. The lowest BCUT2D eigenvalue weighted by Crippen LogP contribution is -1.96. The van der Waals surface area contributed by atoms with E-state index in [0.717, 1.165) is 11.1 Å². The van der Waals surface area contributed by atoms with Crippen LogP contribution >= 0.6 is 0 Å². The van der Waals surface area contributed by atoms with E-state index in [1.807, 2.05) is 31.2 Å². The van der Waals surface area contributed by atoms with Gasteiger partial charge in [-0.3, -0.25) is 0 Å². The lowest BCUT2D eigenvalue weighted by molar-refractivity contribution is 0.269. The maximum Gasteiger partial charge on any atom is 0.132 e. The third-order valence-corrected chi connectivity index (χ3v) is 2.68. The van der Waals surface area contributed by atoms with Crippen molar-refractivity contribution in [3.63, 3.8) is 0 Å². The normalized spacial score (nSPS) is 10.6. The molecule has 17 heavy (non-hydrogen) atoms. The molecule has 88 valence electrons. The van der Waals surface area contributed by atoms with Crippen molar-refractivity contribution >= 4 is 0 Å². The van der Waals surface area contributed by atoms with E-state index in [1.54, 1.807) is 0 Å². The van der Waals surface area contributed by atoms with Crippen LogP contribution in [0.3, 0.4) is 0 Å². The molecule has 0 aromatic heterocycles. The van der Waals surface area contributed by atoms with Gasteiger partial charge >= 0.3 is 0 Å². The Labute approximate surface area is 98.3 Å². The lowest BCUT2D eigenvalue weighted by atomic mass is 10.0. The molecule has 0 spiro atoms. The third-order valence-electron chi connectivity index (χ3n) is 2.68. The Morgan fingerprint density at radius 3 is 1.94 bits per heavy atom. The van der Waals surface area contributed by atoms with Crippen LogP contribution in [-0.4, -0.2) is 5.11 Å². The van der Waals surface area contributed by atoms with Crippen LogP contribution in [0.15, 0.2) is 36.4 Å². The van der Waals surface area contributed by atoms with Crippen molar-refractivity contribution < 1.29 is 13.9 Å². The highest BCUT2D eigenvalue weighted by Gasteiger charge is 2.10. The number of rotatable bonds is 2. The average molecular weight is 234 g/mol. The predicted octanol–water partition coefficient (Wildman–Crippen LogP) is 3.43. The largest absolute Gasteiger partial charge is 0.391 e. The van der Waals surface area contributed by atoms with Crippen molar-refractivity contribution in [2.24, 2.45) is 0 Å². The van der Waals surface area contributed by atoms with Crippen LogP contribution in [0.2, 0.25) is 0 Å². The number of aryl methyl sites for hydroxylation is 1. The Morgan fingerprint density at radius 1 is 0.941 bits per heavy atom. The first kappa shape index (κ1) is 11.7. The summed E-state index contributed by atoms with van der Waals surface area (Å²) in [6.45, 7) is 1.31. The van der Waals surface area contributed by atoms with Crippen LogP contribution < -0.4 is 0 Å². The number of hydrogen-bond donors (Lipinski definition) is 1. The number of aliphatic hydroxyl groups is 1. The monoisotopic (exact) mass is 234 g/mol. The molecule has 0 fully saturated rings. The van der Waals surface area contributed by atoms with Crippen molar-refractivity contribution in [2.75, 3.05) is 0 Å². The molecule has 2 aromatic carbocycles. The quantitative estimate of drug-likeness (QED) is 0.844. The zero-order valence-electron chi connectivity index (χ0n) is 9.37. The summed E-state index contributed by atoms with van der Waals surface area (Å²) in [5, 5.41) is 8.82. The molecule has 1 nitrogen and oxygen atoms in total. The zero-order chi connectivity index (χ0) is 12.4. The SMILES string of the molecule is Cc1ccc(-c2cc(F)c(CO)c(F)c2)cc1. The number of aliphatic hydroxyl groups excluding tert-OH is 1. The van der Waals surface area contributed by atoms with Crippen LogP contribution in [0.4, 0.5) is 8.78 Å². The summed E-state index contributed by atoms with van der Waals surface area (Å²) in [6.07, 6.45) is 0. The molecule has 0 saturated heterocycles. The van der Waals surface area contributed by atoms with Gasteiger partial charge in [0, 0.05) is 5.56 Å². The first-order chi connectivity index (χ1) is 8.11. The molecule has 0 radical (unpaired) electrons. The van der Waals surface area contributed by atoms with Gasteiger partial charge in [0.15, 0.2) is 0 Å². The van der Waals surface area contributed by atoms with Gasteiger partial charge in [-0.2, -0.15) is 0 Å². The molecule has 0 saturated carbocycles. The van der Waals surface area contributed by atoms with E-state index in [9.17, 15) is 8.78 Å². The highest BCUT2D eigenvalue weighted by Crippen LogP contribution is 2.24. The average Bonchev–Trinajstić information content (AvgIpc) is 2.29. The van der Waals surface area contributed by atoms with E-state index in [4.69, 9.17) is 5.11 Å². The molecule has 0 unspecified atom stereocenters. The number of halogens is 2. The van der Waals surface area contributed by atoms with Gasteiger partial charge in [-0.15, -0.1) is 0 Å². The second-order valence-corrected chi connectivity index (χ2v) is 3.94. The lowest BCUT2D eigenvalue weighted by Gasteiger charge is -2.06. The Morgan fingerprint density at radius 2 is 1.47 bits per heavy atom. The van der Waals surface area contributed by atoms with Crippen LogP contribution in [-0.2, 0) is 6.61 Å². The van der Waals surface area contributed by atoms with Crippen molar-refractivity contribution in [2.45, 2.75) is 13.5 Å². The van der Waals surface area contributed by atoms with Gasteiger partial charge in [0.1, 0.15) is 11.6 Å². The first-order valence-electron chi connectivity index (χ1n) is 5.27. The minimum Gasteiger partial charge on any atom is -0.391 e. The van der Waals surface area contributed by atoms with Gasteiger partial charge in [0.25, 0.3) is 0 Å². The first-order valence-corrected chi connectivity index (χ1v) is 5.27. The molecule has 0 aliphatic carbocycles. The van der Waals surface area contributed by atoms with E-state index in [-0.39, 0.29) is 5.56 Å². The summed E-state index contributed by atoms with van der Waals surface area (Å²) >= 11 is 0. The molecule has 1 N–H and O–H groups in total. The Bertz CT molecular complexity index is 509. The summed E-state index contributed by atoms with van der Waals surface area (Å²) in [4.78, 5) is 0.